The van der Waals surface area contributed by atoms with Crippen LogP contribution in [-0.2, 0) is 16.4 Å². The highest BCUT2D eigenvalue weighted by molar-refractivity contribution is 7.92. The van der Waals surface area contributed by atoms with Crippen LogP contribution in [0.25, 0.3) is 11.3 Å². The molecule has 0 aliphatic heterocycles. The molecule has 0 unspecified atom stereocenters. The molecule has 4 aromatic rings. The number of benzene rings is 3. The maximum absolute atomic E-state index is 12.9. The lowest BCUT2D eigenvalue weighted by Gasteiger charge is -2.19. The third kappa shape index (κ3) is 5.18. The van der Waals surface area contributed by atoms with Crippen LogP contribution in [-0.4, -0.2) is 26.4 Å². The first-order valence-corrected chi connectivity index (χ1v) is 13.2. The number of carbonyl (C=O) groups is 1. The summed E-state index contributed by atoms with van der Waals surface area (Å²) < 4.78 is 27.0. The van der Waals surface area contributed by atoms with Gasteiger partial charge in [0.05, 0.1) is 16.3 Å². The molecule has 1 amide bonds. The average Bonchev–Trinajstić information content (AvgIpc) is 3.33. The normalized spacial score (nSPS) is 11.2. The van der Waals surface area contributed by atoms with Crippen molar-refractivity contribution in [2.75, 3.05) is 16.7 Å². The molecule has 0 atom stereocenters. The van der Waals surface area contributed by atoms with Gasteiger partial charge < -0.3 is 0 Å². The molecule has 0 bridgehead atoms. The highest BCUT2D eigenvalue weighted by atomic mass is 32.2. The van der Waals surface area contributed by atoms with E-state index in [0.717, 1.165) is 24.1 Å². The number of nitrogens with one attached hydrogen (secondary N) is 1. The lowest BCUT2D eigenvalue weighted by Crippen LogP contribution is -2.26. The number of thiazole rings is 1. The summed E-state index contributed by atoms with van der Waals surface area (Å²) in [4.78, 5) is 17.3. The van der Waals surface area contributed by atoms with E-state index in [1.54, 1.807) is 24.3 Å². The molecule has 34 heavy (non-hydrogen) atoms. The van der Waals surface area contributed by atoms with Gasteiger partial charge in [-0.15, -0.1) is 11.3 Å². The predicted octanol–water partition coefficient (Wildman–Crippen LogP) is 5.84. The lowest BCUT2D eigenvalue weighted by molar-refractivity contribution is 0.102. The fourth-order valence-corrected chi connectivity index (χ4v) is 5.39. The van der Waals surface area contributed by atoms with E-state index in [2.05, 4.69) is 29.4 Å². The highest BCUT2D eigenvalue weighted by Gasteiger charge is 2.21. The topological polar surface area (TPSA) is 79.4 Å². The molecule has 174 valence electrons. The molecule has 8 heteroatoms. The van der Waals surface area contributed by atoms with Crippen LogP contribution in [0, 0.1) is 0 Å². The van der Waals surface area contributed by atoms with Crippen molar-refractivity contribution in [3.8, 4) is 11.3 Å². The number of amides is 1. The molecule has 0 spiro atoms. The van der Waals surface area contributed by atoms with E-state index in [-0.39, 0.29) is 10.8 Å². The molecular formula is C26H25N3O3S2. The molecule has 3 aromatic carbocycles. The number of hydrogen-bond acceptors (Lipinski definition) is 5. The van der Waals surface area contributed by atoms with E-state index in [1.807, 2.05) is 23.6 Å². The number of carbonyl (C=O) groups excluding carboxylic acids is 1. The van der Waals surface area contributed by atoms with Crippen LogP contribution < -0.4 is 9.62 Å². The Balaban J connectivity index is 1.44. The van der Waals surface area contributed by atoms with Gasteiger partial charge >= 0.3 is 0 Å². The molecule has 6 nitrogen and oxygen atoms in total. The van der Waals surface area contributed by atoms with E-state index in [9.17, 15) is 13.2 Å². The minimum atomic E-state index is -3.74. The first-order valence-electron chi connectivity index (χ1n) is 10.9. The van der Waals surface area contributed by atoms with Crippen molar-refractivity contribution in [1.29, 1.82) is 0 Å². The van der Waals surface area contributed by atoms with Gasteiger partial charge in [-0.05, 0) is 48.4 Å². The van der Waals surface area contributed by atoms with Crippen molar-refractivity contribution in [3.63, 3.8) is 0 Å². The molecule has 4 rings (SSSR count). The van der Waals surface area contributed by atoms with Gasteiger partial charge in [0.1, 0.15) is 0 Å². The number of rotatable bonds is 8. The summed E-state index contributed by atoms with van der Waals surface area (Å²) in [5.74, 6) is -0.348. The molecule has 0 aliphatic rings. The van der Waals surface area contributed by atoms with Crippen LogP contribution in [0.2, 0.25) is 0 Å². The van der Waals surface area contributed by atoms with E-state index < -0.39 is 10.0 Å². The van der Waals surface area contributed by atoms with Crippen LogP contribution in [0.15, 0.2) is 89.1 Å². The molecule has 0 saturated carbocycles. The summed E-state index contributed by atoms with van der Waals surface area (Å²) in [6.45, 7) is 2.15. The number of anilines is 2. The van der Waals surface area contributed by atoms with E-state index in [1.165, 1.54) is 52.5 Å². The molecule has 0 aliphatic carbocycles. The molecule has 1 N–H and O–H groups in total. The van der Waals surface area contributed by atoms with Crippen LogP contribution in [0.5, 0.6) is 0 Å². The van der Waals surface area contributed by atoms with Gasteiger partial charge in [-0.3, -0.25) is 14.4 Å². The Labute approximate surface area is 204 Å². The van der Waals surface area contributed by atoms with E-state index >= 15 is 0 Å². The molecule has 0 radical (unpaired) electrons. The Hall–Kier alpha value is -3.49. The van der Waals surface area contributed by atoms with Gasteiger partial charge in [0.15, 0.2) is 5.13 Å². The second kappa shape index (κ2) is 10.2. The number of para-hydroxylation sites is 1. The summed E-state index contributed by atoms with van der Waals surface area (Å²) in [6, 6.07) is 23.0. The number of hydrogen-bond donors (Lipinski definition) is 1. The fraction of sp³-hybridized carbons (Fsp3) is 0.154. The van der Waals surface area contributed by atoms with Crippen molar-refractivity contribution in [1.82, 2.24) is 4.98 Å². The van der Waals surface area contributed by atoms with Gasteiger partial charge in [-0.1, -0.05) is 55.8 Å². The standard InChI is InChI=1S/C26H25N3O3S2/c1-3-7-19-10-12-20(13-11-19)24-18-33-26(27-24)28-25(30)21-14-16-23(17-15-21)34(31,32)29(2)22-8-5-4-6-9-22/h4-6,8-18H,3,7H2,1-2H3,(H,27,28,30). The zero-order valence-electron chi connectivity index (χ0n) is 18.9. The maximum Gasteiger partial charge on any atom is 0.264 e. The maximum atomic E-state index is 12.9. The second-order valence-corrected chi connectivity index (χ2v) is 10.6. The summed E-state index contributed by atoms with van der Waals surface area (Å²) >= 11 is 1.35. The summed E-state index contributed by atoms with van der Waals surface area (Å²) in [7, 11) is -2.23. The highest BCUT2D eigenvalue weighted by Crippen LogP contribution is 2.26. The van der Waals surface area contributed by atoms with E-state index in [4.69, 9.17) is 0 Å². The minimum Gasteiger partial charge on any atom is -0.298 e. The Bertz CT molecular complexity index is 1370. The van der Waals surface area contributed by atoms with Crippen molar-refractivity contribution in [2.45, 2.75) is 24.7 Å². The van der Waals surface area contributed by atoms with Crippen LogP contribution in [0.1, 0.15) is 29.3 Å². The quantitative estimate of drug-likeness (QED) is 0.336. The van der Waals surface area contributed by atoms with Gasteiger partial charge in [0.25, 0.3) is 15.9 Å². The largest absolute Gasteiger partial charge is 0.298 e. The van der Waals surface area contributed by atoms with Crippen LogP contribution in [0.4, 0.5) is 10.8 Å². The van der Waals surface area contributed by atoms with Crippen LogP contribution >= 0.6 is 11.3 Å². The van der Waals surface area contributed by atoms with Crippen molar-refractivity contribution in [3.05, 3.63) is 95.4 Å². The molecular weight excluding hydrogens is 466 g/mol. The lowest BCUT2D eigenvalue weighted by atomic mass is 10.1. The monoisotopic (exact) mass is 491 g/mol. The number of sulfonamides is 1. The SMILES string of the molecule is CCCc1ccc(-c2csc(NC(=O)c3ccc(S(=O)(=O)N(C)c4ccccc4)cc3)n2)cc1. The minimum absolute atomic E-state index is 0.110. The number of aromatic nitrogens is 1. The zero-order valence-corrected chi connectivity index (χ0v) is 20.6. The number of aryl methyl sites for hydroxylation is 1. The predicted molar refractivity (Wildman–Crippen MR) is 138 cm³/mol. The first kappa shape index (κ1) is 23.7. The Morgan fingerprint density at radius 2 is 1.65 bits per heavy atom. The molecule has 1 aromatic heterocycles. The van der Waals surface area contributed by atoms with Crippen LogP contribution in [0.3, 0.4) is 0 Å². The summed E-state index contributed by atoms with van der Waals surface area (Å²) in [5.41, 5.74) is 3.99. The van der Waals surface area contributed by atoms with Gasteiger partial charge in [0.2, 0.25) is 0 Å². The zero-order chi connectivity index (χ0) is 24.1. The Morgan fingerprint density at radius 1 is 0.971 bits per heavy atom. The van der Waals surface area contributed by atoms with E-state index in [0.29, 0.717) is 16.4 Å². The van der Waals surface area contributed by atoms with Gasteiger partial charge in [0, 0.05) is 23.6 Å². The molecule has 1 heterocycles. The Morgan fingerprint density at radius 3 is 2.29 bits per heavy atom. The van der Waals surface area contributed by atoms with Gasteiger partial charge in [-0.2, -0.15) is 0 Å². The smallest absolute Gasteiger partial charge is 0.264 e. The third-order valence-corrected chi connectivity index (χ3v) is 7.97. The second-order valence-electron chi connectivity index (χ2n) is 7.77. The fourth-order valence-electron chi connectivity index (χ4n) is 3.48. The summed E-state index contributed by atoms with van der Waals surface area (Å²) in [5, 5.41) is 5.18. The molecule has 0 fully saturated rings. The van der Waals surface area contributed by atoms with Gasteiger partial charge in [-0.25, -0.2) is 13.4 Å². The van der Waals surface area contributed by atoms with Crippen molar-refractivity contribution >= 4 is 38.1 Å². The average molecular weight is 492 g/mol. The first-order chi connectivity index (χ1) is 16.4. The third-order valence-electron chi connectivity index (χ3n) is 5.41. The Kier molecular flexibility index (Phi) is 7.09. The van der Waals surface area contributed by atoms with Crippen molar-refractivity contribution in [2.24, 2.45) is 0 Å². The van der Waals surface area contributed by atoms with Crippen molar-refractivity contribution < 1.29 is 13.2 Å². The molecule has 0 saturated heterocycles. The summed E-state index contributed by atoms with van der Waals surface area (Å²) in [6.07, 6.45) is 2.14. The number of nitrogens with zero attached hydrogens (tertiary/aromatic N) is 2.